The maximum atomic E-state index is 4.43. The standard InChI is InChI=1S/C18H13N7/c1-3-7-14-12(5-1)11(9-19-14)10-20-24-18-22-17-16(23-25-18)13-6-2-4-8-15(13)21-17/h1-10,19H,(H2,21,22,24,25)/b20-10+. The fraction of sp³-hybridized carbons (Fsp3) is 0. The van der Waals surface area contributed by atoms with Crippen LogP contribution in [-0.4, -0.2) is 31.4 Å². The first-order valence-electron chi connectivity index (χ1n) is 7.85. The van der Waals surface area contributed by atoms with Gasteiger partial charge in [0.05, 0.1) is 6.21 Å². The minimum absolute atomic E-state index is 0.343. The molecular formula is C18H13N7. The lowest BCUT2D eigenvalue weighted by atomic mass is 10.2. The van der Waals surface area contributed by atoms with Crippen LogP contribution >= 0.6 is 0 Å². The van der Waals surface area contributed by atoms with E-state index in [1.807, 2.05) is 54.7 Å². The molecule has 0 bridgehead atoms. The first-order chi connectivity index (χ1) is 12.4. The van der Waals surface area contributed by atoms with Gasteiger partial charge in [0.1, 0.15) is 5.52 Å². The number of nitrogens with zero attached hydrogens (tertiary/aromatic N) is 4. The molecule has 0 fully saturated rings. The zero-order valence-corrected chi connectivity index (χ0v) is 13.1. The SMILES string of the molecule is C(=N\Nc1nnc2c(n1)[nH]c1ccccc12)/c1c[nH]c2ccccc12. The predicted octanol–water partition coefficient (Wildman–Crippen LogP) is 3.43. The van der Waals surface area contributed by atoms with Crippen LogP contribution in [0.1, 0.15) is 5.56 Å². The molecule has 0 saturated heterocycles. The molecule has 120 valence electrons. The summed E-state index contributed by atoms with van der Waals surface area (Å²) in [6.45, 7) is 0. The van der Waals surface area contributed by atoms with Crippen molar-refractivity contribution in [1.29, 1.82) is 0 Å². The molecule has 5 aromatic rings. The number of para-hydroxylation sites is 2. The van der Waals surface area contributed by atoms with Crippen LogP contribution in [0.25, 0.3) is 33.0 Å². The maximum Gasteiger partial charge on any atom is 0.265 e. The van der Waals surface area contributed by atoms with Crippen molar-refractivity contribution >= 4 is 45.1 Å². The van der Waals surface area contributed by atoms with Gasteiger partial charge in [-0.3, -0.25) is 0 Å². The number of hydrazone groups is 1. The van der Waals surface area contributed by atoms with Gasteiger partial charge in [-0.1, -0.05) is 36.4 Å². The van der Waals surface area contributed by atoms with Crippen molar-refractivity contribution in [2.75, 3.05) is 5.43 Å². The van der Waals surface area contributed by atoms with Crippen molar-refractivity contribution < 1.29 is 0 Å². The van der Waals surface area contributed by atoms with Gasteiger partial charge in [0, 0.05) is 33.6 Å². The number of benzene rings is 2. The molecule has 3 aromatic heterocycles. The van der Waals surface area contributed by atoms with Gasteiger partial charge in [-0.15, -0.1) is 10.2 Å². The van der Waals surface area contributed by atoms with Crippen LogP contribution in [-0.2, 0) is 0 Å². The zero-order valence-electron chi connectivity index (χ0n) is 13.1. The largest absolute Gasteiger partial charge is 0.361 e. The molecule has 2 aromatic carbocycles. The molecule has 5 rings (SSSR count). The number of fused-ring (bicyclic) bond motifs is 4. The molecule has 25 heavy (non-hydrogen) atoms. The summed E-state index contributed by atoms with van der Waals surface area (Å²) in [6, 6.07) is 16.0. The second-order valence-electron chi connectivity index (χ2n) is 5.66. The summed E-state index contributed by atoms with van der Waals surface area (Å²) in [5.74, 6) is 0.343. The third kappa shape index (κ3) is 2.29. The van der Waals surface area contributed by atoms with Crippen molar-refractivity contribution in [3.05, 3.63) is 60.3 Å². The van der Waals surface area contributed by atoms with E-state index in [9.17, 15) is 0 Å². The molecule has 0 aliphatic carbocycles. The van der Waals surface area contributed by atoms with Crippen molar-refractivity contribution in [3.8, 4) is 0 Å². The Hall–Kier alpha value is -3.74. The van der Waals surface area contributed by atoms with Gasteiger partial charge in [0.25, 0.3) is 5.95 Å². The Balaban J connectivity index is 1.44. The summed E-state index contributed by atoms with van der Waals surface area (Å²) in [7, 11) is 0. The van der Waals surface area contributed by atoms with E-state index in [1.54, 1.807) is 6.21 Å². The third-order valence-corrected chi connectivity index (χ3v) is 4.11. The van der Waals surface area contributed by atoms with Crippen LogP contribution < -0.4 is 5.43 Å². The van der Waals surface area contributed by atoms with Crippen LogP contribution in [0.15, 0.2) is 59.8 Å². The van der Waals surface area contributed by atoms with Gasteiger partial charge in [-0.25, -0.2) is 5.43 Å². The molecule has 0 aliphatic heterocycles. The number of hydrogen-bond acceptors (Lipinski definition) is 5. The van der Waals surface area contributed by atoms with E-state index in [0.717, 1.165) is 32.9 Å². The Labute approximate surface area is 141 Å². The topological polar surface area (TPSA) is 94.6 Å². The average Bonchev–Trinajstić information content (AvgIpc) is 3.23. The summed E-state index contributed by atoms with van der Waals surface area (Å²) in [5.41, 5.74) is 7.31. The molecule has 0 atom stereocenters. The number of rotatable bonds is 3. The van der Waals surface area contributed by atoms with E-state index >= 15 is 0 Å². The average molecular weight is 327 g/mol. The van der Waals surface area contributed by atoms with Gasteiger partial charge in [0.15, 0.2) is 5.65 Å². The Morgan fingerprint density at radius 3 is 2.64 bits per heavy atom. The molecule has 0 spiro atoms. The molecular weight excluding hydrogens is 314 g/mol. The van der Waals surface area contributed by atoms with Crippen molar-refractivity contribution in [2.45, 2.75) is 0 Å². The molecule has 7 heteroatoms. The van der Waals surface area contributed by atoms with Crippen LogP contribution in [0.5, 0.6) is 0 Å². The fourth-order valence-corrected chi connectivity index (χ4v) is 2.93. The van der Waals surface area contributed by atoms with Gasteiger partial charge >= 0.3 is 0 Å². The molecule has 0 aliphatic rings. The molecule has 7 nitrogen and oxygen atoms in total. The van der Waals surface area contributed by atoms with Crippen molar-refractivity contribution in [2.24, 2.45) is 5.10 Å². The summed E-state index contributed by atoms with van der Waals surface area (Å²) in [4.78, 5) is 10.9. The monoisotopic (exact) mass is 327 g/mol. The fourth-order valence-electron chi connectivity index (χ4n) is 2.93. The molecule has 0 amide bonds. The lowest BCUT2D eigenvalue weighted by molar-refractivity contribution is 1.01. The second-order valence-corrected chi connectivity index (χ2v) is 5.66. The van der Waals surface area contributed by atoms with Crippen LogP contribution in [0.3, 0.4) is 0 Å². The molecule has 0 radical (unpaired) electrons. The minimum atomic E-state index is 0.343. The van der Waals surface area contributed by atoms with Gasteiger partial charge in [-0.05, 0) is 12.1 Å². The zero-order chi connectivity index (χ0) is 16.6. The number of hydrogen-bond donors (Lipinski definition) is 3. The normalized spacial score (nSPS) is 11.8. The molecule has 0 saturated carbocycles. The molecule has 3 heterocycles. The van der Waals surface area contributed by atoms with Crippen molar-refractivity contribution in [1.82, 2.24) is 25.1 Å². The lowest BCUT2D eigenvalue weighted by Gasteiger charge is -1.97. The minimum Gasteiger partial charge on any atom is -0.361 e. The summed E-state index contributed by atoms with van der Waals surface area (Å²) < 4.78 is 0. The smallest absolute Gasteiger partial charge is 0.265 e. The number of anilines is 1. The van der Waals surface area contributed by atoms with Gasteiger partial charge in [-0.2, -0.15) is 10.1 Å². The number of nitrogens with one attached hydrogen (secondary N) is 3. The Morgan fingerprint density at radius 2 is 1.72 bits per heavy atom. The van der Waals surface area contributed by atoms with Crippen molar-refractivity contribution in [3.63, 3.8) is 0 Å². The Morgan fingerprint density at radius 1 is 0.920 bits per heavy atom. The Bertz CT molecular complexity index is 1230. The van der Waals surface area contributed by atoms with E-state index in [2.05, 4.69) is 35.7 Å². The number of H-pyrrole nitrogens is 2. The first kappa shape index (κ1) is 13.7. The van der Waals surface area contributed by atoms with Gasteiger partial charge in [0.2, 0.25) is 0 Å². The third-order valence-electron chi connectivity index (χ3n) is 4.11. The molecule has 0 unspecified atom stereocenters. The van der Waals surface area contributed by atoms with Gasteiger partial charge < -0.3 is 9.97 Å². The highest BCUT2D eigenvalue weighted by molar-refractivity contribution is 6.03. The van der Waals surface area contributed by atoms with E-state index in [-0.39, 0.29) is 0 Å². The highest BCUT2D eigenvalue weighted by Gasteiger charge is 2.08. The van der Waals surface area contributed by atoms with E-state index in [1.165, 1.54) is 0 Å². The summed E-state index contributed by atoms with van der Waals surface area (Å²) in [5, 5.41) is 14.7. The quantitative estimate of drug-likeness (QED) is 0.349. The second kappa shape index (κ2) is 5.41. The van der Waals surface area contributed by atoms with E-state index in [0.29, 0.717) is 11.6 Å². The Kier molecular flexibility index (Phi) is 2.96. The highest BCUT2D eigenvalue weighted by atomic mass is 15.4. The van der Waals surface area contributed by atoms with Crippen LogP contribution in [0, 0.1) is 0 Å². The summed E-state index contributed by atoms with van der Waals surface area (Å²) in [6.07, 6.45) is 3.65. The maximum absolute atomic E-state index is 4.43. The lowest BCUT2D eigenvalue weighted by Crippen LogP contribution is -1.98. The first-order valence-corrected chi connectivity index (χ1v) is 7.85. The predicted molar refractivity (Wildman–Crippen MR) is 98.7 cm³/mol. The van der Waals surface area contributed by atoms with E-state index in [4.69, 9.17) is 0 Å². The highest BCUT2D eigenvalue weighted by Crippen LogP contribution is 2.21. The van der Waals surface area contributed by atoms with E-state index < -0.39 is 0 Å². The van der Waals surface area contributed by atoms with Crippen LogP contribution in [0.2, 0.25) is 0 Å². The summed E-state index contributed by atoms with van der Waals surface area (Å²) >= 11 is 0. The molecule has 3 N–H and O–H groups in total. The van der Waals surface area contributed by atoms with Crippen LogP contribution in [0.4, 0.5) is 5.95 Å². The number of aromatic amines is 2. The number of aromatic nitrogens is 5.